The van der Waals surface area contributed by atoms with Crippen molar-refractivity contribution in [2.45, 2.75) is 13.8 Å². The van der Waals surface area contributed by atoms with Crippen molar-refractivity contribution in [1.29, 1.82) is 0 Å². The summed E-state index contributed by atoms with van der Waals surface area (Å²) in [6.45, 7) is 4.27. The monoisotopic (exact) mass is 384 g/mol. The number of carbonyl (C=O) groups is 1. The second-order valence-corrected chi connectivity index (χ2v) is 7.32. The van der Waals surface area contributed by atoms with E-state index in [1.165, 1.54) is 11.3 Å². The zero-order chi connectivity index (χ0) is 18.1. The fourth-order valence-electron chi connectivity index (χ4n) is 2.72. The second-order valence-electron chi connectivity index (χ2n) is 5.51. The average molecular weight is 384 g/mol. The first kappa shape index (κ1) is 16.7. The predicted molar refractivity (Wildman–Crippen MR) is 104 cm³/mol. The number of imidazole rings is 1. The van der Waals surface area contributed by atoms with E-state index >= 15 is 0 Å². The van der Waals surface area contributed by atoms with Crippen molar-refractivity contribution in [2.24, 2.45) is 0 Å². The maximum atomic E-state index is 12.8. The van der Waals surface area contributed by atoms with Crippen molar-refractivity contribution in [1.82, 2.24) is 14.4 Å². The number of hydrogen-bond donors (Lipinski definition) is 1. The minimum absolute atomic E-state index is 0.240. The van der Waals surface area contributed by atoms with Gasteiger partial charge in [-0.25, -0.2) is 9.97 Å². The Morgan fingerprint density at radius 3 is 2.92 bits per heavy atom. The lowest BCUT2D eigenvalue weighted by Gasteiger charge is -2.06. The Balaban J connectivity index is 1.64. The van der Waals surface area contributed by atoms with Gasteiger partial charge in [0.1, 0.15) is 5.69 Å². The molecule has 0 saturated carbocycles. The van der Waals surface area contributed by atoms with Crippen LogP contribution in [0, 0.1) is 6.92 Å². The molecule has 8 heteroatoms. The van der Waals surface area contributed by atoms with Crippen LogP contribution in [0.3, 0.4) is 0 Å². The molecule has 0 bridgehead atoms. The molecule has 0 spiro atoms. The predicted octanol–water partition coefficient (Wildman–Crippen LogP) is 4.48. The number of anilines is 1. The van der Waals surface area contributed by atoms with Crippen LogP contribution in [0.4, 0.5) is 5.13 Å². The maximum absolute atomic E-state index is 12.8. The molecule has 6 nitrogen and oxygen atoms in total. The number of nitrogens with zero attached hydrogens (tertiary/aromatic N) is 3. The lowest BCUT2D eigenvalue weighted by Crippen LogP contribution is -2.15. The normalized spacial score (nSPS) is 11.0. The molecule has 1 N–H and O–H groups in total. The summed E-state index contributed by atoms with van der Waals surface area (Å²) in [4.78, 5) is 22.9. The molecule has 0 aromatic carbocycles. The number of pyridine rings is 1. The van der Waals surface area contributed by atoms with E-state index in [1.54, 1.807) is 15.7 Å². The van der Waals surface area contributed by atoms with Gasteiger partial charge in [0.15, 0.2) is 16.5 Å². The Morgan fingerprint density at radius 2 is 2.15 bits per heavy atom. The third-order valence-corrected chi connectivity index (χ3v) is 5.45. The molecule has 4 heterocycles. The first-order valence-electron chi connectivity index (χ1n) is 8.08. The number of aryl methyl sites for hydroxylation is 1. The zero-order valence-corrected chi connectivity index (χ0v) is 15.9. The molecule has 4 aromatic rings. The minimum Gasteiger partial charge on any atom is -0.490 e. The SMILES string of the molecule is CCOc1cccn2c(C(=O)Nc3nc(-c4cccs4)cs3)c(C)nc12. The van der Waals surface area contributed by atoms with E-state index in [2.05, 4.69) is 15.3 Å². The lowest BCUT2D eigenvalue weighted by molar-refractivity contribution is 0.102. The van der Waals surface area contributed by atoms with Crippen molar-refractivity contribution in [3.8, 4) is 16.3 Å². The molecular formula is C18H16N4O2S2. The highest BCUT2D eigenvalue weighted by molar-refractivity contribution is 7.16. The molecule has 0 aliphatic rings. The molecule has 26 heavy (non-hydrogen) atoms. The van der Waals surface area contributed by atoms with Crippen molar-refractivity contribution in [2.75, 3.05) is 11.9 Å². The van der Waals surface area contributed by atoms with Gasteiger partial charge in [-0.15, -0.1) is 22.7 Å². The summed E-state index contributed by atoms with van der Waals surface area (Å²) >= 11 is 3.03. The van der Waals surface area contributed by atoms with Gasteiger partial charge in [0.25, 0.3) is 5.91 Å². The third kappa shape index (κ3) is 2.97. The fourth-order valence-corrected chi connectivity index (χ4v) is 4.19. The Kier molecular flexibility index (Phi) is 4.44. The largest absolute Gasteiger partial charge is 0.490 e. The topological polar surface area (TPSA) is 68.5 Å². The minimum atomic E-state index is -0.240. The number of thiazole rings is 1. The average Bonchev–Trinajstić information content (AvgIpc) is 3.33. The summed E-state index contributed by atoms with van der Waals surface area (Å²) in [5, 5.41) is 7.39. The number of aromatic nitrogens is 3. The van der Waals surface area contributed by atoms with Crippen molar-refractivity contribution >= 4 is 39.4 Å². The van der Waals surface area contributed by atoms with Crippen LogP contribution in [0.1, 0.15) is 23.1 Å². The van der Waals surface area contributed by atoms with Gasteiger partial charge in [0.05, 0.1) is 22.9 Å². The van der Waals surface area contributed by atoms with E-state index < -0.39 is 0 Å². The Morgan fingerprint density at radius 1 is 1.27 bits per heavy atom. The van der Waals surface area contributed by atoms with Gasteiger partial charge in [-0.05, 0) is 37.4 Å². The Hall–Kier alpha value is -2.71. The van der Waals surface area contributed by atoms with Gasteiger partial charge in [-0.2, -0.15) is 0 Å². The number of ether oxygens (including phenoxy) is 1. The quantitative estimate of drug-likeness (QED) is 0.551. The molecular weight excluding hydrogens is 368 g/mol. The van der Waals surface area contributed by atoms with E-state index in [9.17, 15) is 4.79 Å². The maximum Gasteiger partial charge on any atom is 0.276 e. The number of hydrogen-bond acceptors (Lipinski definition) is 6. The van der Waals surface area contributed by atoms with E-state index in [0.29, 0.717) is 34.5 Å². The van der Waals surface area contributed by atoms with Crippen LogP contribution in [-0.2, 0) is 0 Å². The van der Waals surface area contributed by atoms with Crippen molar-refractivity contribution in [3.05, 3.63) is 52.6 Å². The van der Waals surface area contributed by atoms with Crippen LogP contribution >= 0.6 is 22.7 Å². The third-order valence-electron chi connectivity index (χ3n) is 3.80. The van der Waals surface area contributed by atoms with Gasteiger partial charge in [0.2, 0.25) is 0 Å². The molecule has 4 rings (SSSR count). The molecule has 0 saturated heterocycles. The number of amides is 1. The molecule has 0 aliphatic heterocycles. The van der Waals surface area contributed by atoms with Crippen LogP contribution in [0.2, 0.25) is 0 Å². The summed E-state index contributed by atoms with van der Waals surface area (Å²) < 4.78 is 7.36. The summed E-state index contributed by atoms with van der Waals surface area (Å²) in [5.74, 6) is 0.419. The van der Waals surface area contributed by atoms with Crippen LogP contribution in [0.5, 0.6) is 5.75 Å². The number of rotatable bonds is 5. The van der Waals surface area contributed by atoms with Crippen LogP contribution in [0.25, 0.3) is 16.2 Å². The van der Waals surface area contributed by atoms with Crippen LogP contribution < -0.4 is 10.1 Å². The van der Waals surface area contributed by atoms with Crippen molar-refractivity contribution in [3.63, 3.8) is 0 Å². The van der Waals surface area contributed by atoms with E-state index in [0.717, 1.165) is 10.6 Å². The highest BCUT2D eigenvalue weighted by Gasteiger charge is 2.20. The van der Waals surface area contributed by atoms with E-state index in [4.69, 9.17) is 4.74 Å². The summed E-state index contributed by atoms with van der Waals surface area (Å²) in [5.41, 5.74) is 2.63. The number of fused-ring (bicyclic) bond motifs is 1. The van der Waals surface area contributed by atoms with Gasteiger partial charge >= 0.3 is 0 Å². The highest BCUT2D eigenvalue weighted by Crippen LogP contribution is 2.29. The molecule has 4 aromatic heterocycles. The zero-order valence-electron chi connectivity index (χ0n) is 14.2. The summed E-state index contributed by atoms with van der Waals surface area (Å²) in [7, 11) is 0. The molecule has 0 atom stereocenters. The summed E-state index contributed by atoms with van der Waals surface area (Å²) in [6.07, 6.45) is 1.81. The first-order chi connectivity index (χ1) is 12.7. The second kappa shape index (κ2) is 6.89. The molecule has 132 valence electrons. The van der Waals surface area contributed by atoms with Gasteiger partial charge < -0.3 is 4.74 Å². The lowest BCUT2D eigenvalue weighted by atomic mass is 10.3. The standard InChI is InChI=1S/C18H16N4O2S2/c1-3-24-13-6-4-8-22-15(11(2)19-16(13)22)17(23)21-18-20-12(10-26-18)14-7-5-9-25-14/h4-10H,3H2,1-2H3,(H,20,21,23). The molecule has 1 amide bonds. The number of thiophene rings is 1. The van der Waals surface area contributed by atoms with Crippen molar-refractivity contribution < 1.29 is 9.53 Å². The van der Waals surface area contributed by atoms with Gasteiger partial charge in [0, 0.05) is 11.6 Å². The van der Waals surface area contributed by atoms with Crippen LogP contribution in [0.15, 0.2) is 41.2 Å². The molecule has 0 radical (unpaired) electrons. The first-order valence-corrected chi connectivity index (χ1v) is 9.84. The fraction of sp³-hybridized carbons (Fsp3) is 0.167. The van der Waals surface area contributed by atoms with Gasteiger partial charge in [-0.1, -0.05) is 6.07 Å². The van der Waals surface area contributed by atoms with E-state index in [-0.39, 0.29) is 5.91 Å². The Labute approximate surface area is 158 Å². The number of carbonyl (C=O) groups excluding carboxylic acids is 1. The smallest absolute Gasteiger partial charge is 0.276 e. The number of nitrogens with one attached hydrogen (secondary N) is 1. The summed E-state index contributed by atoms with van der Waals surface area (Å²) in [6, 6.07) is 7.68. The van der Waals surface area contributed by atoms with Gasteiger partial charge in [-0.3, -0.25) is 14.5 Å². The van der Waals surface area contributed by atoms with E-state index in [1.807, 2.05) is 55.1 Å². The molecule has 0 aliphatic carbocycles. The Bertz CT molecular complexity index is 1070. The highest BCUT2D eigenvalue weighted by atomic mass is 32.1. The molecule has 0 unspecified atom stereocenters. The molecule has 0 fully saturated rings. The van der Waals surface area contributed by atoms with Crippen LogP contribution in [-0.4, -0.2) is 26.9 Å².